The van der Waals surface area contributed by atoms with E-state index in [1.807, 2.05) is 25.7 Å². The van der Waals surface area contributed by atoms with E-state index in [1.54, 1.807) is 0 Å². The highest BCUT2D eigenvalue weighted by Gasteiger charge is 2.32. The van der Waals surface area contributed by atoms with Gasteiger partial charge in [0.1, 0.15) is 5.60 Å². The van der Waals surface area contributed by atoms with Gasteiger partial charge in [0.15, 0.2) is 0 Å². The highest BCUT2D eigenvalue weighted by Crippen LogP contribution is 2.24. The van der Waals surface area contributed by atoms with Crippen molar-refractivity contribution < 1.29 is 9.53 Å². The Morgan fingerprint density at radius 3 is 2.62 bits per heavy atom. The number of amides is 1. The van der Waals surface area contributed by atoms with E-state index in [0.717, 1.165) is 19.4 Å². The van der Waals surface area contributed by atoms with Gasteiger partial charge in [-0.3, -0.25) is 0 Å². The Morgan fingerprint density at radius 2 is 2.12 bits per heavy atom. The van der Waals surface area contributed by atoms with Crippen molar-refractivity contribution in [1.29, 1.82) is 0 Å². The maximum atomic E-state index is 11.9. The maximum absolute atomic E-state index is 11.9. The predicted octanol–water partition coefficient (Wildman–Crippen LogP) is 1.98. The first-order valence-corrected chi connectivity index (χ1v) is 6.05. The minimum atomic E-state index is -0.424. The lowest BCUT2D eigenvalue weighted by molar-refractivity contribution is 0.00389. The molecule has 1 aliphatic heterocycles. The highest BCUT2D eigenvalue weighted by molar-refractivity contribution is 5.68. The van der Waals surface area contributed by atoms with Crippen LogP contribution in [0.15, 0.2) is 0 Å². The molecule has 0 unspecified atom stereocenters. The molecule has 0 aromatic rings. The van der Waals surface area contributed by atoms with Crippen LogP contribution < -0.4 is 5.73 Å². The summed E-state index contributed by atoms with van der Waals surface area (Å²) >= 11 is 0. The molecule has 4 heteroatoms. The fraction of sp³-hybridized carbons (Fsp3) is 0.917. The zero-order valence-electron chi connectivity index (χ0n) is 10.8. The molecular formula is C12H24N2O2. The Balaban J connectivity index is 2.61. The molecule has 0 saturated carbocycles. The van der Waals surface area contributed by atoms with E-state index < -0.39 is 5.60 Å². The van der Waals surface area contributed by atoms with Gasteiger partial charge >= 0.3 is 6.09 Å². The molecule has 1 aliphatic rings. The molecule has 1 saturated heterocycles. The number of carbonyl (C=O) groups excluding carboxylic acids is 1. The van der Waals surface area contributed by atoms with Gasteiger partial charge in [-0.15, -0.1) is 0 Å². The molecule has 1 fully saturated rings. The average molecular weight is 228 g/mol. The van der Waals surface area contributed by atoms with Gasteiger partial charge in [-0.05, 0) is 53.0 Å². The van der Waals surface area contributed by atoms with Crippen LogP contribution in [0.5, 0.6) is 0 Å². The van der Waals surface area contributed by atoms with E-state index in [2.05, 4.69) is 6.92 Å². The van der Waals surface area contributed by atoms with Gasteiger partial charge in [0.05, 0.1) is 0 Å². The molecule has 4 nitrogen and oxygen atoms in total. The second kappa shape index (κ2) is 5.04. The van der Waals surface area contributed by atoms with Gasteiger partial charge in [-0.25, -0.2) is 4.79 Å². The van der Waals surface area contributed by atoms with E-state index in [-0.39, 0.29) is 12.1 Å². The Kier molecular flexibility index (Phi) is 4.19. The molecule has 2 atom stereocenters. The molecule has 0 aromatic heterocycles. The monoisotopic (exact) mass is 228 g/mol. The summed E-state index contributed by atoms with van der Waals surface area (Å²) in [5.41, 5.74) is 5.28. The molecule has 0 spiro atoms. The predicted molar refractivity (Wildman–Crippen MR) is 64.2 cm³/mol. The summed E-state index contributed by atoms with van der Waals surface area (Å²) < 4.78 is 5.39. The zero-order chi connectivity index (χ0) is 12.3. The molecule has 1 amide bonds. The summed E-state index contributed by atoms with van der Waals surface area (Å²) in [5.74, 6) is 0.404. The number of nitrogens with two attached hydrogens (primary N) is 1. The molecule has 2 N–H and O–H groups in total. The van der Waals surface area contributed by atoms with Gasteiger partial charge in [0.25, 0.3) is 0 Å². The number of ether oxygens (including phenoxy) is 1. The molecular weight excluding hydrogens is 204 g/mol. The third-order valence-corrected chi connectivity index (χ3v) is 3.08. The fourth-order valence-corrected chi connectivity index (χ4v) is 2.12. The van der Waals surface area contributed by atoms with Crippen molar-refractivity contribution in [3.05, 3.63) is 0 Å². The number of carbonyl (C=O) groups is 1. The second-order valence-electron chi connectivity index (χ2n) is 5.55. The molecule has 0 aliphatic carbocycles. The van der Waals surface area contributed by atoms with Crippen molar-refractivity contribution in [2.24, 2.45) is 11.7 Å². The molecule has 94 valence electrons. The van der Waals surface area contributed by atoms with Crippen LogP contribution in [0.25, 0.3) is 0 Å². The van der Waals surface area contributed by atoms with Crippen LogP contribution in [0.4, 0.5) is 4.79 Å². The SMILES string of the molecule is C[C@@H]1[C@@H](CN)CCCN1C(=O)OC(C)(C)C. The first-order valence-electron chi connectivity index (χ1n) is 6.05. The van der Waals surface area contributed by atoms with Gasteiger partial charge in [-0.2, -0.15) is 0 Å². The van der Waals surface area contributed by atoms with E-state index in [1.165, 1.54) is 0 Å². The Bertz CT molecular complexity index is 248. The van der Waals surface area contributed by atoms with Crippen molar-refractivity contribution in [3.8, 4) is 0 Å². The van der Waals surface area contributed by atoms with Crippen LogP contribution in [0.3, 0.4) is 0 Å². The van der Waals surface area contributed by atoms with E-state index in [9.17, 15) is 4.79 Å². The quantitative estimate of drug-likeness (QED) is 0.746. The summed E-state index contributed by atoms with van der Waals surface area (Å²) in [5, 5.41) is 0. The molecule has 0 aromatic carbocycles. The van der Waals surface area contributed by atoms with Crippen molar-refractivity contribution >= 4 is 6.09 Å². The molecule has 0 radical (unpaired) electrons. The largest absolute Gasteiger partial charge is 0.444 e. The van der Waals surface area contributed by atoms with Crippen LogP contribution in [-0.4, -0.2) is 35.7 Å². The number of rotatable bonds is 1. The normalized spacial score (nSPS) is 26.7. The summed E-state index contributed by atoms with van der Waals surface area (Å²) in [6.45, 7) is 9.15. The topological polar surface area (TPSA) is 55.6 Å². The van der Waals surface area contributed by atoms with Gasteiger partial charge < -0.3 is 15.4 Å². The number of piperidine rings is 1. The first-order chi connectivity index (χ1) is 7.35. The van der Waals surface area contributed by atoms with Gasteiger partial charge in [0, 0.05) is 12.6 Å². The smallest absolute Gasteiger partial charge is 0.410 e. The number of hydrogen-bond acceptors (Lipinski definition) is 3. The van der Waals surface area contributed by atoms with Crippen LogP contribution >= 0.6 is 0 Å². The zero-order valence-corrected chi connectivity index (χ0v) is 10.8. The Labute approximate surface area is 98.1 Å². The molecule has 0 bridgehead atoms. The lowest BCUT2D eigenvalue weighted by atomic mass is 9.91. The van der Waals surface area contributed by atoms with Crippen molar-refractivity contribution in [2.75, 3.05) is 13.1 Å². The summed E-state index contributed by atoms with van der Waals surface area (Å²) in [6.07, 6.45) is 1.92. The Morgan fingerprint density at radius 1 is 1.50 bits per heavy atom. The number of nitrogens with zero attached hydrogens (tertiary/aromatic N) is 1. The summed E-state index contributed by atoms with van der Waals surface area (Å²) in [6, 6.07) is 0.189. The lowest BCUT2D eigenvalue weighted by Crippen LogP contribution is -2.50. The molecule has 1 rings (SSSR count). The number of hydrogen-bond donors (Lipinski definition) is 1. The average Bonchev–Trinajstić information content (AvgIpc) is 2.15. The van der Waals surface area contributed by atoms with Crippen molar-refractivity contribution in [3.63, 3.8) is 0 Å². The fourth-order valence-electron chi connectivity index (χ4n) is 2.12. The maximum Gasteiger partial charge on any atom is 0.410 e. The van der Waals surface area contributed by atoms with Crippen LogP contribution in [0.1, 0.15) is 40.5 Å². The van der Waals surface area contributed by atoms with Crippen LogP contribution in [-0.2, 0) is 4.74 Å². The lowest BCUT2D eigenvalue weighted by Gasteiger charge is -2.39. The third kappa shape index (κ3) is 3.37. The van der Waals surface area contributed by atoms with E-state index >= 15 is 0 Å². The van der Waals surface area contributed by atoms with Crippen molar-refractivity contribution in [2.45, 2.75) is 52.2 Å². The van der Waals surface area contributed by atoms with Gasteiger partial charge in [0.2, 0.25) is 0 Å². The Hall–Kier alpha value is -0.770. The number of likely N-dealkylation sites (tertiary alicyclic amines) is 1. The molecule has 1 heterocycles. The third-order valence-electron chi connectivity index (χ3n) is 3.08. The standard InChI is InChI=1S/C12H24N2O2/c1-9-10(8-13)6-5-7-14(9)11(15)16-12(2,3)4/h9-10H,5-8,13H2,1-4H3/t9-,10-/m1/s1. The minimum absolute atomic E-state index is 0.189. The van der Waals surface area contributed by atoms with E-state index in [4.69, 9.17) is 10.5 Å². The summed E-state index contributed by atoms with van der Waals surface area (Å²) in [7, 11) is 0. The highest BCUT2D eigenvalue weighted by atomic mass is 16.6. The van der Waals surface area contributed by atoms with Crippen LogP contribution in [0, 0.1) is 5.92 Å². The van der Waals surface area contributed by atoms with E-state index in [0.29, 0.717) is 12.5 Å². The first kappa shape index (κ1) is 13.3. The molecule has 16 heavy (non-hydrogen) atoms. The van der Waals surface area contributed by atoms with Crippen molar-refractivity contribution in [1.82, 2.24) is 4.90 Å². The van der Waals surface area contributed by atoms with Crippen LogP contribution in [0.2, 0.25) is 0 Å². The minimum Gasteiger partial charge on any atom is -0.444 e. The van der Waals surface area contributed by atoms with Gasteiger partial charge in [-0.1, -0.05) is 0 Å². The summed E-state index contributed by atoms with van der Waals surface area (Å²) in [4.78, 5) is 13.8. The second-order valence-corrected chi connectivity index (χ2v) is 5.55.